The first kappa shape index (κ1) is 13.8. The maximum Gasteiger partial charge on any atom is 0.120 e. The van der Waals surface area contributed by atoms with E-state index < -0.39 is 0 Å². The van der Waals surface area contributed by atoms with E-state index in [0.717, 1.165) is 29.7 Å². The first-order valence-corrected chi connectivity index (χ1v) is 7.21. The number of hydrogen-bond acceptors (Lipinski definition) is 3. The molecular formula is C14H21BrN2O. The number of hydrogen-bond donors (Lipinski definition) is 1. The number of likely N-dealkylation sites (N-methyl/N-ethyl adjacent to an activating group) is 1. The highest BCUT2D eigenvalue weighted by atomic mass is 79.9. The molecule has 1 aliphatic heterocycles. The SMILES string of the molecule is CNC(C)c1ccc(OC2CCN(C)C2)cc1Br. The van der Waals surface area contributed by atoms with Crippen LogP contribution in [0.15, 0.2) is 22.7 Å². The average molecular weight is 313 g/mol. The molecule has 0 aromatic heterocycles. The van der Waals surface area contributed by atoms with Crippen LogP contribution in [-0.2, 0) is 0 Å². The number of nitrogens with one attached hydrogen (secondary N) is 1. The summed E-state index contributed by atoms with van der Waals surface area (Å²) in [7, 11) is 4.10. The van der Waals surface area contributed by atoms with Gasteiger partial charge in [0.05, 0.1) is 0 Å². The zero-order valence-corrected chi connectivity index (χ0v) is 12.8. The van der Waals surface area contributed by atoms with Crippen molar-refractivity contribution in [2.45, 2.75) is 25.5 Å². The van der Waals surface area contributed by atoms with E-state index >= 15 is 0 Å². The van der Waals surface area contributed by atoms with Gasteiger partial charge in [-0.05, 0) is 45.1 Å². The third kappa shape index (κ3) is 3.25. The highest BCUT2D eigenvalue weighted by molar-refractivity contribution is 9.10. The van der Waals surface area contributed by atoms with E-state index in [2.05, 4.69) is 58.3 Å². The molecule has 18 heavy (non-hydrogen) atoms. The Morgan fingerprint density at radius 1 is 1.50 bits per heavy atom. The van der Waals surface area contributed by atoms with Crippen molar-refractivity contribution in [2.75, 3.05) is 27.2 Å². The van der Waals surface area contributed by atoms with Gasteiger partial charge in [-0.15, -0.1) is 0 Å². The number of halogens is 1. The van der Waals surface area contributed by atoms with Gasteiger partial charge in [-0.25, -0.2) is 0 Å². The molecule has 0 radical (unpaired) electrons. The fourth-order valence-electron chi connectivity index (χ4n) is 2.27. The summed E-state index contributed by atoms with van der Waals surface area (Å²) in [5, 5.41) is 3.24. The fraction of sp³-hybridized carbons (Fsp3) is 0.571. The predicted molar refractivity (Wildman–Crippen MR) is 78.1 cm³/mol. The van der Waals surface area contributed by atoms with Gasteiger partial charge in [0.25, 0.3) is 0 Å². The molecule has 0 amide bonds. The number of benzene rings is 1. The Balaban J connectivity index is 2.04. The summed E-state index contributed by atoms with van der Waals surface area (Å²) in [6, 6.07) is 6.60. The largest absolute Gasteiger partial charge is 0.489 e. The summed E-state index contributed by atoms with van der Waals surface area (Å²) >= 11 is 3.62. The minimum Gasteiger partial charge on any atom is -0.489 e. The average Bonchev–Trinajstić information content (AvgIpc) is 2.74. The van der Waals surface area contributed by atoms with E-state index in [1.165, 1.54) is 5.56 Å². The second-order valence-corrected chi connectivity index (χ2v) is 5.84. The van der Waals surface area contributed by atoms with Gasteiger partial charge >= 0.3 is 0 Å². The molecule has 1 fully saturated rings. The smallest absolute Gasteiger partial charge is 0.120 e. The Morgan fingerprint density at radius 2 is 2.28 bits per heavy atom. The lowest BCUT2D eigenvalue weighted by Gasteiger charge is -2.17. The van der Waals surface area contributed by atoms with Crippen LogP contribution in [0.25, 0.3) is 0 Å². The van der Waals surface area contributed by atoms with Gasteiger partial charge < -0.3 is 15.0 Å². The van der Waals surface area contributed by atoms with Gasteiger partial charge in [0.2, 0.25) is 0 Å². The molecule has 4 heteroatoms. The number of rotatable bonds is 4. The van der Waals surface area contributed by atoms with Gasteiger partial charge in [0.1, 0.15) is 11.9 Å². The van der Waals surface area contributed by atoms with Crippen molar-refractivity contribution in [1.29, 1.82) is 0 Å². The molecule has 0 saturated carbocycles. The van der Waals surface area contributed by atoms with Crippen LogP contribution in [0, 0.1) is 0 Å². The zero-order chi connectivity index (χ0) is 13.1. The lowest BCUT2D eigenvalue weighted by Crippen LogP contribution is -2.21. The third-order valence-electron chi connectivity index (χ3n) is 3.52. The van der Waals surface area contributed by atoms with Crippen molar-refractivity contribution in [1.82, 2.24) is 10.2 Å². The summed E-state index contributed by atoms with van der Waals surface area (Å²) in [6.45, 7) is 4.29. The van der Waals surface area contributed by atoms with E-state index in [4.69, 9.17) is 4.74 Å². The van der Waals surface area contributed by atoms with Crippen LogP contribution < -0.4 is 10.1 Å². The van der Waals surface area contributed by atoms with Gasteiger partial charge in [-0.1, -0.05) is 22.0 Å². The van der Waals surface area contributed by atoms with Crippen molar-refractivity contribution in [3.63, 3.8) is 0 Å². The highest BCUT2D eigenvalue weighted by Gasteiger charge is 2.21. The molecule has 3 nitrogen and oxygen atoms in total. The molecule has 1 aliphatic rings. The maximum atomic E-state index is 6.00. The molecule has 1 heterocycles. The molecule has 2 unspecified atom stereocenters. The predicted octanol–water partition coefficient (Wildman–Crippen LogP) is 2.81. The lowest BCUT2D eigenvalue weighted by molar-refractivity contribution is 0.208. The molecule has 0 aliphatic carbocycles. The van der Waals surface area contributed by atoms with E-state index in [9.17, 15) is 0 Å². The standard InChI is InChI=1S/C14H21BrN2O/c1-10(16-2)13-5-4-11(8-14(13)15)18-12-6-7-17(3)9-12/h4-5,8,10,12,16H,6-7,9H2,1-3H3. The summed E-state index contributed by atoms with van der Waals surface area (Å²) in [5.41, 5.74) is 1.26. The Labute approximate surface area is 118 Å². The minimum atomic E-state index is 0.328. The van der Waals surface area contributed by atoms with Crippen LogP contribution in [-0.4, -0.2) is 38.2 Å². The van der Waals surface area contributed by atoms with Crippen LogP contribution >= 0.6 is 15.9 Å². The van der Waals surface area contributed by atoms with Crippen molar-refractivity contribution < 1.29 is 4.74 Å². The van der Waals surface area contributed by atoms with E-state index in [0.29, 0.717) is 12.1 Å². The minimum absolute atomic E-state index is 0.328. The third-order valence-corrected chi connectivity index (χ3v) is 4.21. The molecular weight excluding hydrogens is 292 g/mol. The van der Waals surface area contributed by atoms with Crippen LogP contribution in [0.1, 0.15) is 24.9 Å². The monoisotopic (exact) mass is 312 g/mol. The van der Waals surface area contributed by atoms with Crippen molar-refractivity contribution >= 4 is 15.9 Å². The second-order valence-electron chi connectivity index (χ2n) is 4.98. The number of likely N-dealkylation sites (tertiary alicyclic amines) is 1. The van der Waals surface area contributed by atoms with E-state index in [1.54, 1.807) is 0 Å². The number of nitrogens with zero attached hydrogens (tertiary/aromatic N) is 1. The highest BCUT2D eigenvalue weighted by Crippen LogP contribution is 2.28. The van der Waals surface area contributed by atoms with Crippen LogP contribution in [0.5, 0.6) is 5.75 Å². The van der Waals surface area contributed by atoms with Crippen molar-refractivity contribution in [3.8, 4) is 5.75 Å². The molecule has 0 spiro atoms. The second kappa shape index (κ2) is 6.04. The summed E-state index contributed by atoms with van der Waals surface area (Å²) in [4.78, 5) is 2.30. The Morgan fingerprint density at radius 3 is 2.83 bits per heavy atom. The number of ether oxygens (including phenoxy) is 1. The first-order valence-electron chi connectivity index (χ1n) is 6.42. The molecule has 1 N–H and O–H groups in total. The van der Waals surface area contributed by atoms with Crippen LogP contribution in [0.4, 0.5) is 0 Å². The van der Waals surface area contributed by atoms with Crippen LogP contribution in [0.3, 0.4) is 0 Å². The quantitative estimate of drug-likeness (QED) is 0.925. The Bertz CT molecular complexity index is 411. The van der Waals surface area contributed by atoms with Gasteiger partial charge in [-0.2, -0.15) is 0 Å². The summed E-state index contributed by atoms with van der Waals surface area (Å²) in [5.74, 6) is 0.953. The molecule has 1 aromatic carbocycles. The summed E-state index contributed by atoms with van der Waals surface area (Å²) in [6.07, 6.45) is 1.44. The van der Waals surface area contributed by atoms with Gasteiger partial charge in [0, 0.05) is 23.6 Å². The molecule has 1 saturated heterocycles. The Hall–Kier alpha value is -0.580. The lowest BCUT2D eigenvalue weighted by atomic mass is 10.1. The fourth-order valence-corrected chi connectivity index (χ4v) is 2.97. The van der Waals surface area contributed by atoms with E-state index in [1.807, 2.05) is 7.05 Å². The molecule has 1 aromatic rings. The van der Waals surface area contributed by atoms with Crippen molar-refractivity contribution in [3.05, 3.63) is 28.2 Å². The molecule has 2 atom stereocenters. The Kier molecular flexibility index (Phi) is 4.65. The molecule has 0 bridgehead atoms. The topological polar surface area (TPSA) is 24.5 Å². The summed E-state index contributed by atoms with van der Waals surface area (Å²) < 4.78 is 7.11. The first-order chi connectivity index (χ1) is 8.60. The maximum absolute atomic E-state index is 6.00. The zero-order valence-electron chi connectivity index (χ0n) is 11.2. The normalized spacial score (nSPS) is 22.1. The van der Waals surface area contributed by atoms with Crippen LogP contribution in [0.2, 0.25) is 0 Å². The molecule has 100 valence electrons. The van der Waals surface area contributed by atoms with E-state index in [-0.39, 0.29) is 0 Å². The van der Waals surface area contributed by atoms with Crippen molar-refractivity contribution in [2.24, 2.45) is 0 Å². The molecule has 2 rings (SSSR count). The van der Waals surface area contributed by atoms with Gasteiger partial charge in [-0.3, -0.25) is 0 Å². The van der Waals surface area contributed by atoms with Gasteiger partial charge in [0.15, 0.2) is 0 Å².